The highest BCUT2D eigenvalue weighted by atomic mass is 32.2. The van der Waals surface area contributed by atoms with Crippen molar-refractivity contribution in [3.8, 4) is 5.75 Å². The van der Waals surface area contributed by atoms with Gasteiger partial charge in [0, 0.05) is 12.1 Å². The standard InChI is InChI=1S/C17H22N2O5S/c1-11-16(12(2)24-19-11)10-25(21,22)13(3)17(20)18-9-14-6-5-7-15(8-14)23-4/h5-8,13H,9-10H2,1-4H3,(H,18,20). The number of aryl methyl sites for hydroxylation is 2. The van der Waals surface area contributed by atoms with E-state index >= 15 is 0 Å². The molecular weight excluding hydrogens is 344 g/mol. The first-order valence-corrected chi connectivity index (χ1v) is 9.50. The molecule has 1 unspecified atom stereocenters. The number of nitrogens with zero attached hydrogens (tertiary/aromatic N) is 1. The molecule has 7 nitrogen and oxygen atoms in total. The summed E-state index contributed by atoms with van der Waals surface area (Å²) in [5.74, 6) is 0.299. The monoisotopic (exact) mass is 366 g/mol. The van der Waals surface area contributed by atoms with Crippen LogP contribution in [0.2, 0.25) is 0 Å². The maximum atomic E-state index is 12.5. The minimum absolute atomic E-state index is 0.223. The molecule has 0 aliphatic heterocycles. The summed E-state index contributed by atoms with van der Waals surface area (Å²) in [6.07, 6.45) is 0. The van der Waals surface area contributed by atoms with Gasteiger partial charge in [0.15, 0.2) is 9.84 Å². The number of methoxy groups -OCH3 is 1. The molecular formula is C17H22N2O5S. The lowest BCUT2D eigenvalue weighted by molar-refractivity contribution is -0.120. The number of ether oxygens (including phenoxy) is 1. The quantitative estimate of drug-likeness (QED) is 0.804. The van der Waals surface area contributed by atoms with E-state index < -0.39 is 21.0 Å². The molecule has 1 heterocycles. The lowest BCUT2D eigenvalue weighted by Crippen LogP contribution is -2.38. The van der Waals surface area contributed by atoms with Crippen molar-refractivity contribution < 1.29 is 22.5 Å². The number of carbonyl (C=O) groups is 1. The maximum absolute atomic E-state index is 12.5. The fraction of sp³-hybridized carbons (Fsp3) is 0.412. The Morgan fingerprint density at radius 3 is 2.68 bits per heavy atom. The Morgan fingerprint density at radius 1 is 1.36 bits per heavy atom. The van der Waals surface area contributed by atoms with E-state index in [-0.39, 0.29) is 12.3 Å². The van der Waals surface area contributed by atoms with E-state index in [2.05, 4.69) is 10.5 Å². The molecule has 1 aromatic carbocycles. The van der Waals surface area contributed by atoms with E-state index in [1.807, 2.05) is 6.07 Å². The molecule has 1 N–H and O–H groups in total. The second kappa shape index (κ2) is 7.69. The molecule has 0 spiro atoms. The topological polar surface area (TPSA) is 98.5 Å². The van der Waals surface area contributed by atoms with Crippen LogP contribution in [0.5, 0.6) is 5.75 Å². The van der Waals surface area contributed by atoms with E-state index in [0.717, 1.165) is 5.56 Å². The number of carbonyl (C=O) groups excluding carboxylic acids is 1. The third-order valence-electron chi connectivity index (χ3n) is 4.04. The Kier molecular flexibility index (Phi) is 5.84. The van der Waals surface area contributed by atoms with Crippen molar-refractivity contribution in [2.24, 2.45) is 0 Å². The Labute approximate surface area is 147 Å². The molecule has 8 heteroatoms. The third-order valence-corrected chi connectivity index (χ3v) is 6.02. The molecule has 2 aromatic rings. The zero-order valence-corrected chi connectivity index (χ0v) is 15.5. The van der Waals surface area contributed by atoms with Crippen LogP contribution in [0.25, 0.3) is 0 Å². The number of hydrogen-bond acceptors (Lipinski definition) is 6. The van der Waals surface area contributed by atoms with Gasteiger partial charge in [-0.05, 0) is 38.5 Å². The van der Waals surface area contributed by atoms with Crippen molar-refractivity contribution in [2.75, 3.05) is 7.11 Å². The van der Waals surface area contributed by atoms with Crippen molar-refractivity contribution in [2.45, 2.75) is 38.3 Å². The Bertz CT molecular complexity index is 838. The van der Waals surface area contributed by atoms with Gasteiger partial charge < -0.3 is 14.6 Å². The van der Waals surface area contributed by atoms with Gasteiger partial charge in [0.1, 0.15) is 16.8 Å². The molecule has 136 valence electrons. The zero-order chi connectivity index (χ0) is 18.6. The van der Waals surface area contributed by atoms with E-state index in [1.165, 1.54) is 6.92 Å². The SMILES string of the molecule is COc1cccc(CNC(=O)C(C)S(=O)(=O)Cc2c(C)noc2C)c1. The molecule has 1 amide bonds. The number of benzene rings is 1. The first-order chi connectivity index (χ1) is 11.7. The first-order valence-electron chi connectivity index (χ1n) is 7.78. The lowest BCUT2D eigenvalue weighted by atomic mass is 10.2. The molecule has 0 radical (unpaired) electrons. The van der Waals surface area contributed by atoms with E-state index in [0.29, 0.717) is 22.8 Å². The molecule has 0 bridgehead atoms. The summed E-state index contributed by atoms with van der Waals surface area (Å²) >= 11 is 0. The van der Waals surface area contributed by atoms with Crippen LogP contribution in [0.3, 0.4) is 0 Å². The van der Waals surface area contributed by atoms with Gasteiger partial charge in [-0.2, -0.15) is 0 Å². The van der Waals surface area contributed by atoms with Crippen LogP contribution in [-0.4, -0.2) is 31.8 Å². The number of hydrogen-bond donors (Lipinski definition) is 1. The van der Waals surface area contributed by atoms with Crippen LogP contribution in [0.1, 0.15) is 29.5 Å². The second-order valence-corrected chi connectivity index (χ2v) is 8.14. The lowest BCUT2D eigenvalue weighted by Gasteiger charge is -2.13. The normalized spacial score (nSPS) is 12.6. The highest BCUT2D eigenvalue weighted by molar-refractivity contribution is 7.92. The fourth-order valence-corrected chi connectivity index (χ4v) is 3.79. The number of rotatable bonds is 7. The molecule has 1 aromatic heterocycles. The summed E-state index contributed by atoms with van der Waals surface area (Å²) in [6, 6.07) is 7.20. The van der Waals surface area contributed by atoms with E-state index in [1.54, 1.807) is 39.2 Å². The van der Waals surface area contributed by atoms with Gasteiger partial charge >= 0.3 is 0 Å². The Hall–Kier alpha value is -2.35. The summed E-state index contributed by atoms with van der Waals surface area (Å²) in [6.45, 7) is 4.93. The van der Waals surface area contributed by atoms with Gasteiger partial charge in [-0.15, -0.1) is 0 Å². The predicted octanol–water partition coefficient (Wildman–Crippen LogP) is 1.92. The summed E-state index contributed by atoms with van der Waals surface area (Å²) < 4.78 is 35.1. The molecule has 1 atom stereocenters. The molecule has 0 aliphatic rings. The maximum Gasteiger partial charge on any atom is 0.238 e. The van der Waals surface area contributed by atoms with Gasteiger partial charge in [0.05, 0.1) is 18.6 Å². The largest absolute Gasteiger partial charge is 0.497 e. The highest BCUT2D eigenvalue weighted by Crippen LogP contribution is 2.19. The van der Waals surface area contributed by atoms with Crippen molar-refractivity contribution in [1.29, 1.82) is 0 Å². The number of sulfone groups is 1. The Morgan fingerprint density at radius 2 is 2.08 bits per heavy atom. The minimum atomic E-state index is -3.68. The first kappa shape index (κ1) is 19.0. The highest BCUT2D eigenvalue weighted by Gasteiger charge is 2.30. The van der Waals surface area contributed by atoms with Crippen molar-refractivity contribution in [3.63, 3.8) is 0 Å². The van der Waals surface area contributed by atoms with E-state index in [9.17, 15) is 13.2 Å². The van der Waals surface area contributed by atoms with Crippen LogP contribution >= 0.6 is 0 Å². The molecule has 0 saturated carbocycles. The average Bonchev–Trinajstić information content (AvgIpc) is 2.90. The predicted molar refractivity (Wildman–Crippen MR) is 92.9 cm³/mol. The van der Waals surface area contributed by atoms with E-state index in [4.69, 9.17) is 9.26 Å². The molecule has 0 fully saturated rings. The van der Waals surface area contributed by atoms with Crippen LogP contribution in [0.15, 0.2) is 28.8 Å². The van der Waals surface area contributed by atoms with Gasteiger partial charge in [0.25, 0.3) is 0 Å². The number of amides is 1. The van der Waals surface area contributed by atoms with Gasteiger partial charge in [-0.25, -0.2) is 8.42 Å². The van der Waals surface area contributed by atoms with Crippen molar-refractivity contribution in [3.05, 3.63) is 46.8 Å². The molecule has 0 saturated heterocycles. The van der Waals surface area contributed by atoms with Crippen LogP contribution < -0.4 is 10.1 Å². The second-order valence-electron chi connectivity index (χ2n) is 5.82. The van der Waals surface area contributed by atoms with Crippen LogP contribution in [0, 0.1) is 13.8 Å². The summed E-state index contributed by atoms with van der Waals surface area (Å²) in [7, 11) is -2.12. The minimum Gasteiger partial charge on any atom is -0.497 e. The van der Waals surface area contributed by atoms with Crippen molar-refractivity contribution >= 4 is 15.7 Å². The van der Waals surface area contributed by atoms with Crippen LogP contribution in [-0.2, 0) is 26.9 Å². The summed E-state index contributed by atoms with van der Waals surface area (Å²) in [5.41, 5.74) is 1.85. The molecule has 25 heavy (non-hydrogen) atoms. The summed E-state index contributed by atoms with van der Waals surface area (Å²) in [4.78, 5) is 12.3. The average molecular weight is 366 g/mol. The third kappa shape index (κ3) is 4.60. The fourth-order valence-electron chi connectivity index (χ4n) is 2.31. The summed E-state index contributed by atoms with van der Waals surface area (Å²) in [5, 5.41) is 5.22. The number of aromatic nitrogens is 1. The molecule has 2 rings (SSSR count). The van der Waals surface area contributed by atoms with Gasteiger partial charge in [0.2, 0.25) is 5.91 Å². The van der Waals surface area contributed by atoms with Gasteiger partial charge in [-0.3, -0.25) is 4.79 Å². The Balaban J connectivity index is 2.03. The zero-order valence-electron chi connectivity index (χ0n) is 14.7. The molecule has 0 aliphatic carbocycles. The van der Waals surface area contributed by atoms with Crippen LogP contribution in [0.4, 0.5) is 0 Å². The van der Waals surface area contributed by atoms with Crippen molar-refractivity contribution in [1.82, 2.24) is 10.5 Å². The number of nitrogens with one attached hydrogen (secondary N) is 1. The smallest absolute Gasteiger partial charge is 0.238 e. The van der Waals surface area contributed by atoms with Gasteiger partial charge in [-0.1, -0.05) is 17.3 Å².